The second-order valence-corrected chi connectivity index (χ2v) is 5.26. The zero-order valence-corrected chi connectivity index (χ0v) is 12.4. The Bertz CT molecular complexity index is 966. The molecule has 0 spiro atoms. The molecule has 3 rings (SSSR count). The van der Waals surface area contributed by atoms with Crippen molar-refractivity contribution < 1.29 is 4.39 Å². The van der Waals surface area contributed by atoms with Crippen LogP contribution < -0.4 is 11.2 Å². The highest BCUT2D eigenvalue weighted by atomic mass is 19.1. The predicted octanol–water partition coefficient (Wildman–Crippen LogP) is 1.18. The zero-order chi connectivity index (χ0) is 16.0. The number of fused-ring (bicyclic) bond motifs is 1. The van der Waals surface area contributed by atoms with Gasteiger partial charge in [0, 0.05) is 14.1 Å². The Balaban J connectivity index is 2.26. The van der Waals surface area contributed by atoms with Gasteiger partial charge in [-0.1, -0.05) is 12.1 Å². The van der Waals surface area contributed by atoms with E-state index in [1.54, 1.807) is 23.7 Å². The van der Waals surface area contributed by atoms with E-state index >= 15 is 0 Å². The van der Waals surface area contributed by atoms with Gasteiger partial charge in [0.05, 0.1) is 12.4 Å². The summed E-state index contributed by atoms with van der Waals surface area (Å²) in [7, 11) is 3.01. The van der Waals surface area contributed by atoms with Crippen molar-refractivity contribution in [1.29, 1.82) is 0 Å². The molecule has 22 heavy (non-hydrogen) atoms. The maximum Gasteiger partial charge on any atom is 0.332 e. The van der Waals surface area contributed by atoms with Crippen LogP contribution in [0.5, 0.6) is 0 Å². The summed E-state index contributed by atoms with van der Waals surface area (Å²) in [5, 5.41) is 0. The summed E-state index contributed by atoms with van der Waals surface area (Å²) >= 11 is 0. The van der Waals surface area contributed by atoms with E-state index < -0.39 is 11.2 Å². The van der Waals surface area contributed by atoms with E-state index in [0.717, 1.165) is 10.1 Å². The van der Waals surface area contributed by atoms with Crippen LogP contribution in [0.3, 0.4) is 0 Å². The minimum atomic E-state index is -0.419. The standard InChI is InChI=1S/C15H15FN4O2/c1-9(10-4-6-11(16)7-5-10)20-8-17-13-12(20)14(21)19(3)15(22)18(13)2/h4-9H,1-3H3/t9-/m1/s1. The molecule has 0 saturated heterocycles. The number of aryl methyl sites for hydroxylation is 1. The Hall–Kier alpha value is -2.70. The van der Waals surface area contributed by atoms with E-state index in [0.29, 0.717) is 11.2 Å². The van der Waals surface area contributed by atoms with Gasteiger partial charge in [-0.25, -0.2) is 14.2 Å². The quantitative estimate of drug-likeness (QED) is 0.714. The van der Waals surface area contributed by atoms with Gasteiger partial charge in [0.25, 0.3) is 5.56 Å². The molecular weight excluding hydrogens is 287 g/mol. The smallest absolute Gasteiger partial charge is 0.317 e. The summed E-state index contributed by atoms with van der Waals surface area (Å²) in [5.41, 5.74) is 0.710. The lowest BCUT2D eigenvalue weighted by Crippen LogP contribution is -2.37. The Labute approximate surface area is 125 Å². The van der Waals surface area contributed by atoms with E-state index in [-0.39, 0.29) is 11.9 Å². The Kier molecular flexibility index (Phi) is 3.20. The summed E-state index contributed by atoms with van der Waals surface area (Å²) in [6, 6.07) is 5.87. The first-order valence-electron chi connectivity index (χ1n) is 6.80. The maximum absolute atomic E-state index is 13.0. The van der Waals surface area contributed by atoms with Gasteiger partial charge in [-0.2, -0.15) is 0 Å². The number of halogens is 1. The van der Waals surface area contributed by atoms with Crippen LogP contribution in [0.4, 0.5) is 4.39 Å². The fourth-order valence-electron chi connectivity index (χ4n) is 2.56. The molecule has 0 bridgehead atoms. The number of hydrogen-bond acceptors (Lipinski definition) is 3. The monoisotopic (exact) mass is 302 g/mol. The number of benzene rings is 1. The predicted molar refractivity (Wildman–Crippen MR) is 80.4 cm³/mol. The summed E-state index contributed by atoms with van der Waals surface area (Å²) in [4.78, 5) is 28.5. The normalized spacial score (nSPS) is 12.7. The molecule has 114 valence electrons. The molecule has 0 saturated carbocycles. The lowest BCUT2D eigenvalue weighted by molar-refractivity contribution is 0.618. The van der Waals surface area contributed by atoms with Crippen molar-refractivity contribution in [2.45, 2.75) is 13.0 Å². The number of imidazole rings is 1. The average molecular weight is 302 g/mol. The molecule has 0 amide bonds. The van der Waals surface area contributed by atoms with Crippen molar-refractivity contribution in [2.24, 2.45) is 14.1 Å². The van der Waals surface area contributed by atoms with E-state index in [4.69, 9.17) is 0 Å². The highest BCUT2D eigenvalue weighted by molar-refractivity contribution is 5.70. The van der Waals surface area contributed by atoms with Crippen molar-refractivity contribution in [3.63, 3.8) is 0 Å². The molecule has 0 aliphatic rings. The third-order valence-corrected chi connectivity index (χ3v) is 3.94. The summed E-state index contributed by atoms with van der Waals surface area (Å²) in [6.45, 7) is 1.89. The van der Waals surface area contributed by atoms with Crippen LogP contribution in [0.1, 0.15) is 18.5 Å². The third-order valence-electron chi connectivity index (χ3n) is 3.94. The van der Waals surface area contributed by atoms with Crippen molar-refractivity contribution in [3.8, 4) is 0 Å². The SMILES string of the molecule is C[C@H](c1ccc(F)cc1)n1cnc2c1c(=O)n(C)c(=O)n2C. The van der Waals surface area contributed by atoms with Gasteiger partial charge in [-0.3, -0.25) is 13.9 Å². The minimum Gasteiger partial charge on any atom is -0.317 e. The zero-order valence-electron chi connectivity index (χ0n) is 12.4. The number of rotatable bonds is 2. The topological polar surface area (TPSA) is 61.8 Å². The molecule has 1 atom stereocenters. The van der Waals surface area contributed by atoms with Gasteiger partial charge in [-0.05, 0) is 24.6 Å². The molecule has 3 aromatic rings. The summed E-state index contributed by atoms with van der Waals surface area (Å²) < 4.78 is 17.1. The average Bonchev–Trinajstić information content (AvgIpc) is 2.96. The molecular formula is C15H15FN4O2. The van der Waals surface area contributed by atoms with Crippen LogP contribution in [0.25, 0.3) is 11.2 Å². The van der Waals surface area contributed by atoms with Crippen molar-refractivity contribution in [1.82, 2.24) is 18.7 Å². The molecule has 0 aliphatic heterocycles. The molecule has 0 radical (unpaired) electrons. The molecule has 0 N–H and O–H groups in total. The van der Waals surface area contributed by atoms with Crippen LogP contribution in [0, 0.1) is 5.82 Å². The number of nitrogens with zero attached hydrogens (tertiary/aromatic N) is 4. The molecule has 7 heteroatoms. The molecule has 0 unspecified atom stereocenters. The second kappa shape index (κ2) is 4.94. The highest BCUT2D eigenvalue weighted by Gasteiger charge is 2.18. The first-order valence-corrected chi connectivity index (χ1v) is 6.80. The van der Waals surface area contributed by atoms with Crippen LogP contribution in [0.15, 0.2) is 40.2 Å². The van der Waals surface area contributed by atoms with Gasteiger partial charge in [0.1, 0.15) is 5.82 Å². The van der Waals surface area contributed by atoms with Gasteiger partial charge >= 0.3 is 5.69 Å². The van der Waals surface area contributed by atoms with Crippen LogP contribution in [-0.2, 0) is 14.1 Å². The van der Waals surface area contributed by atoms with Crippen LogP contribution in [0.2, 0.25) is 0 Å². The lowest BCUT2D eigenvalue weighted by Gasteiger charge is -2.15. The largest absolute Gasteiger partial charge is 0.332 e. The third kappa shape index (κ3) is 1.97. The first-order chi connectivity index (χ1) is 10.4. The van der Waals surface area contributed by atoms with Crippen LogP contribution in [-0.4, -0.2) is 18.7 Å². The molecule has 2 heterocycles. The molecule has 2 aromatic heterocycles. The number of hydrogen-bond donors (Lipinski definition) is 0. The molecule has 0 aliphatic carbocycles. The van der Waals surface area contributed by atoms with E-state index in [1.165, 1.54) is 30.1 Å². The fourth-order valence-corrected chi connectivity index (χ4v) is 2.56. The van der Waals surface area contributed by atoms with Gasteiger partial charge in [0.15, 0.2) is 11.2 Å². The van der Waals surface area contributed by atoms with Crippen molar-refractivity contribution in [2.75, 3.05) is 0 Å². The fraction of sp³-hybridized carbons (Fsp3) is 0.267. The molecule has 1 aromatic carbocycles. The highest BCUT2D eigenvalue weighted by Crippen LogP contribution is 2.21. The van der Waals surface area contributed by atoms with Gasteiger partial charge in [0.2, 0.25) is 0 Å². The first kappa shape index (κ1) is 14.2. The van der Waals surface area contributed by atoms with Gasteiger partial charge in [-0.15, -0.1) is 0 Å². The second-order valence-electron chi connectivity index (χ2n) is 5.26. The Morgan fingerprint density at radius 1 is 1.09 bits per heavy atom. The minimum absolute atomic E-state index is 0.212. The van der Waals surface area contributed by atoms with E-state index in [9.17, 15) is 14.0 Å². The van der Waals surface area contributed by atoms with E-state index in [1.807, 2.05) is 6.92 Å². The molecule has 0 fully saturated rings. The lowest BCUT2D eigenvalue weighted by atomic mass is 10.1. The Morgan fingerprint density at radius 3 is 2.36 bits per heavy atom. The van der Waals surface area contributed by atoms with Crippen molar-refractivity contribution in [3.05, 3.63) is 62.8 Å². The summed E-state index contributed by atoms with van der Waals surface area (Å²) in [6.07, 6.45) is 1.53. The number of aromatic nitrogens is 4. The van der Waals surface area contributed by atoms with Crippen molar-refractivity contribution >= 4 is 11.2 Å². The molecule has 6 nitrogen and oxygen atoms in total. The maximum atomic E-state index is 13.0. The summed E-state index contributed by atoms with van der Waals surface area (Å²) in [5.74, 6) is -0.315. The van der Waals surface area contributed by atoms with E-state index in [2.05, 4.69) is 4.98 Å². The van der Waals surface area contributed by atoms with Gasteiger partial charge < -0.3 is 4.57 Å². The van der Waals surface area contributed by atoms with Crippen LogP contribution >= 0.6 is 0 Å². The Morgan fingerprint density at radius 2 is 1.73 bits per heavy atom.